The molecule has 0 atom stereocenters. The second-order valence-electron chi connectivity index (χ2n) is 0.976. The van der Waals surface area contributed by atoms with Crippen molar-refractivity contribution in [2.45, 2.75) is 0 Å². The molecule has 11 heteroatoms. The maximum atomic E-state index is 9.32. The van der Waals surface area contributed by atoms with E-state index in [9.17, 15) is 28.7 Å². The summed E-state index contributed by atoms with van der Waals surface area (Å²) in [5, 5.41) is 0. The fraction of sp³-hybridized carbons (Fsp3) is 0. The Morgan fingerprint density at radius 2 is 1.09 bits per heavy atom. The molecule has 0 amide bonds. The van der Waals surface area contributed by atoms with E-state index >= 15 is 0 Å². The van der Waals surface area contributed by atoms with E-state index in [0.29, 0.717) is 0 Å². The summed E-state index contributed by atoms with van der Waals surface area (Å²) in [5.41, 5.74) is 0. The number of hydrogen-bond acceptors (Lipinski definition) is 7. The summed E-state index contributed by atoms with van der Waals surface area (Å²) >= 11 is 0. The molecule has 0 aromatic carbocycles. The molecule has 0 aliphatic heterocycles. The molecule has 0 saturated carbocycles. The van der Waals surface area contributed by atoms with Gasteiger partial charge < -0.3 is 39.2 Å². The van der Waals surface area contributed by atoms with E-state index in [1.165, 1.54) is 0 Å². The molecule has 0 saturated heterocycles. The van der Waals surface area contributed by atoms with Crippen molar-refractivity contribution in [1.29, 1.82) is 0 Å². The molecule has 0 aliphatic rings. The first-order valence-electron chi connectivity index (χ1n) is 1.46. The SMILES string of the molecule is O=P([O-])([O-])OP(=O)([O-])[O-].[Mg+2].[NH4+]. The van der Waals surface area contributed by atoms with Gasteiger partial charge in [-0.15, -0.1) is 0 Å². The normalized spacial score (nSPS) is 11.3. The van der Waals surface area contributed by atoms with Gasteiger partial charge in [0.2, 0.25) is 0 Å². The minimum atomic E-state index is -5.68. The molecular weight excluding hydrogens is 212 g/mol. The van der Waals surface area contributed by atoms with Gasteiger partial charge in [-0.1, -0.05) is 0 Å². The fourth-order valence-corrected chi connectivity index (χ4v) is 1.10. The van der Waals surface area contributed by atoms with Crippen molar-refractivity contribution >= 4 is 38.7 Å². The van der Waals surface area contributed by atoms with Gasteiger partial charge in [-0.3, -0.25) is 0 Å². The van der Waals surface area contributed by atoms with Gasteiger partial charge in [0.15, 0.2) is 0 Å². The average Bonchev–Trinajstić information content (AvgIpc) is 1.14. The van der Waals surface area contributed by atoms with Crippen LogP contribution in [-0.2, 0) is 13.4 Å². The molecule has 64 valence electrons. The Morgan fingerprint density at radius 1 is 0.909 bits per heavy atom. The molecule has 0 heterocycles. The standard InChI is InChI=1S/Mg.H3N.H4O7P2/c;;1-8(2,3)7-9(4,5)6/h;1H3;(H2,1,2,3)(H2,4,5,6)/q+2;;/p-3. The van der Waals surface area contributed by atoms with Crippen LogP contribution in [0.4, 0.5) is 0 Å². The molecule has 11 heavy (non-hydrogen) atoms. The zero-order valence-corrected chi connectivity index (χ0v) is 8.66. The number of quaternary nitrogens is 1. The molecule has 0 aromatic rings. The van der Waals surface area contributed by atoms with Crippen molar-refractivity contribution in [3.63, 3.8) is 0 Å². The van der Waals surface area contributed by atoms with Crippen molar-refractivity contribution in [3.05, 3.63) is 0 Å². The minimum absolute atomic E-state index is 0. The third kappa shape index (κ3) is 18.2. The smallest absolute Gasteiger partial charge is 0.790 e. The monoisotopic (exact) mass is 216 g/mol. The summed E-state index contributed by atoms with van der Waals surface area (Å²) in [6.45, 7) is 0. The van der Waals surface area contributed by atoms with E-state index in [0.717, 1.165) is 0 Å². The zero-order valence-electron chi connectivity index (χ0n) is 5.46. The van der Waals surface area contributed by atoms with Gasteiger partial charge in [-0.05, 0) is 0 Å². The summed E-state index contributed by atoms with van der Waals surface area (Å²) in [6.07, 6.45) is 0. The molecule has 0 unspecified atom stereocenters. The van der Waals surface area contributed by atoms with Gasteiger partial charge in [-0.2, -0.15) is 0 Å². The number of phosphoric acid groups is 2. The minimum Gasteiger partial charge on any atom is -0.790 e. The Balaban J connectivity index is -0.000000320. The summed E-state index contributed by atoms with van der Waals surface area (Å²) in [6, 6.07) is 0. The van der Waals surface area contributed by atoms with Crippen LogP contribution < -0.4 is 25.7 Å². The van der Waals surface area contributed by atoms with Crippen LogP contribution in [0.1, 0.15) is 0 Å². The number of hydrogen-bond donors (Lipinski definition) is 1. The number of rotatable bonds is 2. The van der Waals surface area contributed by atoms with Crippen LogP contribution in [0.25, 0.3) is 0 Å². The van der Waals surface area contributed by atoms with Gasteiger partial charge in [0, 0.05) is 0 Å². The Bertz CT molecular complexity index is 157. The molecule has 0 aromatic heterocycles. The first kappa shape index (κ1) is 17.9. The largest absolute Gasteiger partial charge is 2.00 e. The van der Waals surface area contributed by atoms with Gasteiger partial charge in [-0.25, -0.2) is 0 Å². The second-order valence-corrected chi connectivity index (χ2v) is 3.42. The predicted octanol–water partition coefficient (Wildman–Crippen LogP) is -3.34. The Hall–Kier alpha value is 0.986. The van der Waals surface area contributed by atoms with E-state index in [1.54, 1.807) is 0 Å². The third-order valence-electron chi connectivity index (χ3n) is 0.200. The molecular formula is H4MgNO7P2-. The second kappa shape index (κ2) is 5.60. The first-order valence-corrected chi connectivity index (χ1v) is 4.38. The van der Waals surface area contributed by atoms with Crippen molar-refractivity contribution in [2.75, 3.05) is 0 Å². The first-order chi connectivity index (χ1) is 3.71. The van der Waals surface area contributed by atoms with Crippen LogP contribution in [0.2, 0.25) is 0 Å². The van der Waals surface area contributed by atoms with E-state index < -0.39 is 15.6 Å². The molecule has 0 radical (unpaired) electrons. The molecule has 0 bridgehead atoms. The van der Waals surface area contributed by atoms with Crippen LogP contribution in [0, 0.1) is 0 Å². The predicted molar refractivity (Wildman–Crippen MR) is 28.0 cm³/mol. The van der Waals surface area contributed by atoms with E-state index in [4.69, 9.17) is 0 Å². The molecule has 8 nitrogen and oxygen atoms in total. The summed E-state index contributed by atoms with van der Waals surface area (Å²) in [4.78, 5) is 37.3. The van der Waals surface area contributed by atoms with Crippen molar-refractivity contribution in [1.82, 2.24) is 6.15 Å². The van der Waals surface area contributed by atoms with Gasteiger partial charge >= 0.3 is 23.1 Å². The third-order valence-corrected chi connectivity index (χ3v) is 1.80. The van der Waals surface area contributed by atoms with Crippen LogP contribution in [0.3, 0.4) is 0 Å². The van der Waals surface area contributed by atoms with Crippen molar-refractivity contribution in [2.24, 2.45) is 0 Å². The van der Waals surface area contributed by atoms with E-state index in [2.05, 4.69) is 4.31 Å². The van der Waals surface area contributed by atoms with Crippen LogP contribution >= 0.6 is 15.6 Å². The fourth-order valence-electron chi connectivity index (χ4n) is 0.122. The molecule has 0 spiro atoms. The van der Waals surface area contributed by atoms with Gasteiger partial charge in [0.05, 0.1) is 15.6 Å². The summed E-state index contributed by atoms with van der Waals surface area (Å²) in [5.74, 6) is 0. The van der Waals surface area contributed by atoms with Gasteiger partial charge in [0.25, 0.3) is 0 Å². The zero-order chi connectivity index (χ0) is 7.71. The molecule has 4 N–H and O–H groups in total. The van der Waals surface area contributed by atoms with Crippen LogP contribution in [-0.4, -0.2) is 23.1 Å². The average molecular weight is 216 g/mol. The maximum absolute atomic E-state index is 9.32. The topological polar surface area (TPSA) is 172 Å². The molecule has 0 aliphatic carbocycles. The van der Waals surface area contributed by atoms with E-state index in [-0.39, 0.29) is 29.2 Å². The van der Waals surface area contributed by atoms with Gasteiger partial charge in [0.1, 0.15) is 0 Å². The Morgan fingerprint density at radius 3 is 1.09 bits per heavy atom. The summed E-state index contributed by atoms with van der Waals surface area (Å²) < 4.78 is 21.2. The van der Waals surface area contributed by atoms with Crippen molar-refractivity contribution < 1.29 is 33.0 Å². The maximum Gasteiger partial charge on any atom is 2.00 e. The van der Waals surface area contributed by atoms with Crippen LogP contribution in [0.5, 0.6) is 0 Å². The molecule has 0 fully saturated rings. The van der Waals surface area contributed by atoms with E-state index in [1.807, 2.05) is 0 Å². The van der Waals surface area contributed by atoms with Crippen LogP contribution in [0.15, 0.2) is 0 Å². The van der Waals surface area contributed by atoms with Crippen molar-refractivity contribution in [3.8, 4) is 0 Å². The molecule has 0 rings (SSSR count). The Kier molecular flexibility index (Phi) is 9.12. The quantitative estimate of drug-likeness (QED) is 0.370. The summed E-state index contributed by atoms with van der Waals surface area (Å²) in [7, 11) is -11.4. The Labute approximate surface area is 78.2 Å².